The molecule has 0 spiro atoms. The molecular weight excluding hydrogens is 254 g/mol. The average Bonchev–Trinajstić information content (AvgIpc) is 3.04. The van der Waals surface area contributed by atoms with Gasteiger partial charge in [-0.3, -0.25) is 4.79 Å². The molecule has 0 aromatic rings. The van der Waals surface area contributed by atoms with Crippen LogP contribution < -0.4 is 5.32 Å². The fourth-order valence-corrected chi connectivity index (χ4v) is 4.62. The number of nitrogens with one attached hydrogen (secondary N) is 1. The topological polar surface area (TPSA) is 72.5 Å². The Morgan fingerprint density at radius 3 is 2.44 bits per heavy atom. The van der Waals surface area contributed by atoms with E-state index in [4.69, 9.17) is 0 Å². The zero-order chi connectivity index (χ0) is 13.8. The van der Waals surface area contributed by atoms with Crippen LogP contribution in [0.1, 0.15) is 32.6 Å². The van der Waals surface area contributed by atoms with E-state index in [1.54, 1.807) is 7.05 Å². The summed E-state index contributed by atoms with van der Waals surface area (Å²) in [5, 5.41) is 3.00. The van der Waals surface area contributed by atoms with Crippen molar-refractivity contribution in [3.05, 3.63) is 0 Å². The van der Waals surface area contributed by atoms with Gasteiger partial charge in [0.15, 0.2) is 9.84 Å². The van der Waals surface area contributed by atoms with Crippen LogP contribution in [0.5, 0.6) is 0 Å². The smallest absolute Gasteiger partial charge is 0.306 e. The van der Waals surface area contributed by atoms with Gasteiger partial charge in [0.25, 0.3) is 0 Å². The molecule has 1 N–H and O–H groups in total. The SMILES string of the molecule is CCC(CS(=O)(=O)CC1(CC(=O)OC)CC1)NC. The van der Waals surface area contributed by atoms with Gasteiger partial charge in [-0.25, -0.2) is 8.42 Å². The molecule has 1 saturated carbocycles. The Labute approximate surface area is 109 Å². The first-order valence-corrected chi connectivity index (χ1v) is 8.13. The molecule has 0 amide bonds. The van der Waals surface area contributed by atoms with Crippen molar-refractivity contribution < 1.29 is 17.9 Å². The minimum Gasteiger partial charge on any atom is -0.469 e. The number of carbonyl (C=O) groups is 1. The third-order valence-corrected chi connectivity index (χ3v) is 5.55. The lowest BCUT2D eigenvalue weighted by molar-refractivity contribution is -0.141. The highest BCUT2D eigenvalue weighted by molar-refractivity contribution is 7.91. The van der Waals surface area contributed by atoms with E-state index in [0.29, 0.717) is 0 Å². The fourth-order valence-electron chi connectivity index (χ4n) is 2.16. The highest BCUT2D eigenvalue weighted by Gasteiger charge is 2.47. The lowest BCUT2D eigenvalue weighted by Gasteiger charge is -2.18. The number of esters is 1. The maximum Gasteiger partial charge on any atom is 0.306 e. The molecule has 1 rings (SSSR count). The number of rotatable bonds is 8. The van der Waals surface area contributed by atoms with Crippen molar-refractivity contribution in [2.45, 2.75) is 38.6 Å². The van der Waals surface area contributed by atoms with E-state index in [2.05, 4.69) is 10.1 Å². The maximum absolute atomic E-state index is 12.1. The van der Waals surface area contributed by atoms with Crippen molar-refractivity contribution in [3.63, 3.8) is 0 Å². The number of methoxy groups -OCH3 is 1. The normalized spacial score (nSPS) is 19.3. The summed E-state index contributed by atoms with van der Waals surface area (Å²) in [5.41, 5.74) is -0.349. The van der Waals surface area contributed by atoms with Gasteiger partial charge in [0.1, 0.15) is 0 Å². The predicted molar refractivity (Wildman–Crippen MR) is 70.1 cm³/mol. The molecule has 6 heteroatoms. The second kappa shape index (κ2) is 6.02. The second-order valence-corrected chi connectivity index (χ2v) is 7.31. The van der Waals surface area contributed by atoms with Crippen LogP contribution in [0.25, 0.3) is 0 Å². The van der Waals surface area contributed by atoms with Crippen LogP contribution in [-0.2, 0) is 19.4 Å². The molecule has 1 aliphatic carbocycles. The largest absolute Gasteiger partial charge is 0.469 e. The van der Waals surface area contributed by atoms with Crippen LogP contribution in [0.15, 0.2) is 0 Å². The molecule has 0 radical (unpaired) electrons. The first-order valence-electron chi connectivity index (χ1n) is 6.31. The molecule has 1 atom stereocenters. The number of sulfone groups is 1. The standard InChI is InChI=1S/C12H23NO4S/c1-4-10(13-2)8-18(15,16)9-12(5-6-12)7-11(14)17-3/h10,13H,4-9H2,1-3H3. The molecule has 0 aromatic heterocycles. The Morgan fingerprint density at radius 1 is 1.44 bits per heavy atom. The average molecular weight is 277 g/mol. The quantitative estimate of drug-likeness (QED) is 0.663. The molecule has 0 aromatic carbocycles. The summed E-state index contributed by atoms with van der Waals surface area (Å²) in [6, 6.07) is -0.0103. The summed E-state index contributed by atoms with van der Waals surface area (Å²) < 4.78 is 28.8. The molecule has 1 unspecified atom stereocenters. The fraction of sp³-hybridized carbons (Fsp3) is 0.917. The van der Waals surface area contributed by atoms with Crippen molar-refractivity contribution in [2.75, 3.05) is 25.7 Å². The summed E-state index contributed by atoms with van der Waals surface area (Å²) in [6.45, 7) is 1.96. The van der Waals surface area contributed by atoms with Crippen molar-refractivity contribution in [1.29, 1.82) is 0 Å². The molecule has 0 bridgehead atoms. The van der Waals surface area contributed by atoms with Crippen LogP contribution in [-0.4, -0.2) is 46.1 Å². The summed E-state index contributed by atoms with van der Waals surface area (Å²) in [4.78, 5) is 11.3. The zero-order valence-corrected chi connectivity index (χ0v) is 12.2. The Morgan fingerprint density at radius 2 is 2.06 bits per heavy atom. The van der Waals surface area contributed by atoms with Gasteiger partial charge in [-0.2, -0.15) is 0 Å². The van der Waals surface area contributed by atoms with Gasteiger partial charge in [-0.15, -0.1) is 0 Å². The minimum atomic E-state index is -3.12. The Kier molecular flexibility index (Phi) is 5.16. The van der Waals surface area contributed by atoms with Crippen LogP contribution in [0, 0.1) is 5.41 Å². The van der Waals surface area contributed by atoms with E-state index in [0.717, 1.165) is 19.3 Å². The van der Waals surface area contributed by atoms with Crippen molar-refractivity contribution in [1.82, 2.24) is 5.32 Å². The lowest BCUT2D eigenvalue weighted by Crippen LogP contribution is -2.35. The molecule has 1 aliphatic rings. The van der Waals surface area contributed by atoms with Gasteiger partial charge in [-0.1, -0.05) is 6.92 Å². The Hall–Kier alpha value is -0.620. The molecule has 1 fully saturated rings. The summed E-state index contributed by atoms with van der Waals surface area (Å²) in [7, 11) is -0.0211. The van der Waals surface area contributed by atoms with Gasteiger partial charge < -0.3 is 10.1 Å². The Balaban J connectivity index is 2.57. The third-order valence-electron chi connectivity index (χ3n) is 3.59. The number of hydrogen-bond donors (Lipinski definition) is 1. The second-order valence-electron chi connectivity index (χ2n) is 5.20. The van der Waals surface area contributed by atoms with Gasteiger partial charge in [0, 0.05) is 6.04 Å². The lowest BCUT2D eigenvalue weighted by atomic mass is 10.1. The summed E-state index contributed by atoms with van der Waals surface area (Å²) in [6.07, 6.45) is 2.61. The first kappa shape index (κ1) is 15.4. The van der Waals surface area contributed by atoms with Crippen LogP contribution >= 0.6 is 0 Å². The summed E-state index contributed by atoms with van der Waals surface area (Å²) in [5.74, 6) is -0.0701. The first-order chi connectivity index (χ1) is 8.36. The van der Waals surface area contributed by atoms with Gasteiger partial charge in [-0.05, 0) is 31.7 Å². The molecule has 0 saturated heterocycles. The maximum atomic E-state index is 12.1. The van der Waals surface area contributed by atoms with Gasteiger partial charge in [0.05, 0.1) is 25.0 Å². The van der Waals surface area contributed by atoms with Crippen LogP contribution in [0.2, 0.25) is 0 Å². The van der Waals surface area contributed by atoms with E-state index in [-0.39, 0.29) is 35.4 Å². The van der Waals surface area contributed by atoms with Crippen LogP contribution in [0.3, 0.4) is 0 Å². The molecule has 106 valence electrons. The van der Waals surface area contributed by atoms with Crippen molar-refractivity contribution in [2.24, 2.45) is 5.41 Å². The van der Waals surface area contributed by atoms with E-state index in [1.165, 1.54) is 7.11 Å². The zero-order valence-electron chi connectivity index (χ0n) is 11.4. The van der Waals surface area contributed by atoms with E-state index in [9.17, 15) is 13.2 Å². The van der Waals surface area contributed by atoms with E-state index >= 15 is 0 Å². The monoisotopic (exact) mass is 277 g/mol. The van der Waals surface area contributed by atoms with Gasteiger partial charge in [0.2, 0.25) is 0 Å². The van der Waals surface area contributed by atoms with Crippen LogP contribution in [0.4, 0.5) is 0 Å². The van der Waals surface area contributed by atoms with Crippen molar-refractivity contribution in [3.8, 4) is 0 Å². The van der Waals surface area contributed by atoms with E-state index in [1.807, 2.05) is 6.92 Å². The number of hydrogen-bond acceptors (Lipinski definition) is 5. The highest BCUT2D eigenvalue weighted by Crippen LogP contribution is 2.50. The Bertz CT molecular complexity index is 383. The molecular formula is C12H23NO4S. The molecule has 0 heterocycles. The van der Waals surface area contributed by atoms with Crippen molar-refractivity contribution >= 4 is 15.8 Å². The molecule has 18 heavy (non-hydrogen) atoms. The number of carbonyl (C=O) groups excluding carboxylic acids is 1. The highest BCUT2D eigenvalue weighted by atomic mass is 32.2. The molecule has 5 nitrogen and oxygen atoms in total. The minimum absolute atomic E-state index is 0.0103. The summed E-state index contributed by atoms with van der Waals surface area (Å²) >= 11 is 0. The number of ether oxygens (including phenoxy) is 1. The van der Waals surface area contributed by atoms with Gasteiger partial charge >= 0.3 is 5.97 Å². The van der Waals surface area contributed by atoms with E-state index < -0.39 is 9.84 Å². The molecule has 0 aliphatic heterocycles. The predicted octanol–water partition coefficient (Wildman–Crippen LogP) is 0.742. The third kappa shape index (κ3) is 4.57.